The van der Waals surface area contributed by atoms with E-state index in [1.165, 1.54) is 17.7 Å². The maximum atomic E-state index is 12.2. The third-order valence-electron chi connectivity index (χ3n) is 5.41. The number of piperidine rings is 1. The number of halogens is 2. The van der Waals surface area contributed by atoms with Gasteiger partial charge in [-0.2, -0.15) is 0 Å². The second-order valence-corrected chi connectivity index (χ2v) is 8.90. The van der Waals surface area contributed by atoms with Crippen molar-refractivity contribution in [2.24, 2.45) is 10.9 Å². The molecule has 0 saturated carbocycles. The average Bonchev–Trinajstić information content (AvgIpc) is 3.28. The van der Waals surface area contributed by atoms with Gasteiger partial charge in [0.15, 0.2) is 5.96 Å². The molecule has 1 saturated heterocycles. The van der Waals surface area contributed by atoms with Crippen LogP contribution in [-0.4, -0.2) is 57.0 Å². The van der Waals surface area contributed by atoms with E-state index in [2.05, 4.69) is 50.4 Å². The van der Waals surface area contributed by atoms with Crippen molar-refractivity contribution in [2.75, 3.05) is 40.3 Å². The number of hydrogen-bond acceptors (Lipinski definition) is 4. The molecule has 31 heavy (non-hydrogen) atoms. The van der Waals surface area contributed by atoms with Crippen LogP contribution >= 0.6 is 46.9 Å². The third kappa shape index (κ3) is 7.62. The first kappa shape index (κ1) is 25.9. The number of carbonyl (C=O) groups is 1. The third-order valence-corrected chi connectivity index (χ3v) is 6.60. The van der Waals surface area contributed by atoms with Gasteiger partial charge in [0.1, 0.15) is 0 Å². The topological polar surface area (TPSA) is 68.8 Å². The Bertz CT molecular complexity index is 831. The number of amides is 1. The number of nitrogens with zero attached hydrogens (tertiary/aromatic N) is 2. The van der Waals surface area contributed by atoms with E-state index in [-0.39, 0.29) is 29.9 Å². The number of aliphatic imine (C=N–C) groups is 1. The Labute approximate surface area is 210 Å². The Morgan fingerprint density at radius 2 is 1.94 bits per heavy atom. The van der Waals surface area contributed by atoms with Crippen LogP contribution in [0.4, 0.5) is 0 Å². The quantitative estimate of drug-likeness (QED) is 0.202. The largest absolute Gasteiger partial charge is 0.356 e. The summed E-state index contributed by atoms with van der Waals surface area (Å²) in [4.78, 5) is 20.4. The number of nitrogens with one attached hydrogen (secondary N) is 3. The zero-order valence-electron chi connectivity index (χ0n) is 17.9. The molecule has 2 atom stereocenters. The molecule has 3 N–H and O–H groups in total. The van der Waals surface area contributed by atoms with Crippen molar-refractivity contribution in [3.63, 3.8) is 0 Å². The normalized spacial score (nSPS) is 19.4. The maximum Gasteiger partial charge on any atom is 0.251 e. The number of likely N-dealkylation sites (tertiary alicyclic amines) is 1. The van der Waals surface area contributed by atoms with Crippen LogP contribution in [0.25, 0.3) is 0 Å². The molecule has 1 aromatic carbocycles. The van der Waals surface area contributed by atoms with E-state index < -0.39 is 0 Å². The highest BCUT2D eigenvalue weighted by molar-refractivity contribution is 14.0. The Kier molecular flexibility index (Phi) is 11.1. The molecule has 2 aromatic rings. The predicted octanol–water partition coefficient (Wildman–Crippen LogP) is 4.00. The summed E-state index contributed by atoms with van der Waals surface area (Å²) in [6.07, 6.45) is 2.42. The van der Waals surface area contributed by atoms with Crippen LogP contribution in [0, 0.1) is 5.92 Å². The minimum absolute atomic E-state index is 0. The number of rotatable bonds is 7. The first-order valence-corrected chi connectivity index (χ1v) is 11.6. The van der Waals surface area contributed by atoms with Gasteiger partial charge < -0.3 is 16.0 Å². The molecule has 2 heterocycles. The summed E-state index contributed by atoms with van der Waals surface area (Å²) in [5, 5.41) is 12.4. The van der Waals surface area contributed by atoms with Crippen LogP contribution < -0.4 is 16.0 Å². The SMILES string of the molecule is CN=C(NCCNC(=O)c1ccc(Cl)cc1)NCC1CCCN(C)C1c1cccs1.I. The fourth-order valence-electron chi connectivity index (χ4n) is 3.89. The van der Waals surface area contributed by atoms with Crippen molar-refractivity contribution in [3.8, 4) is 0 Å². The van der Waals surface area contributed by atoms with Crippen LogP contribution in [-0.2, 0) is 0 Å². The second kappa shape index (κ2) is 13.2. The predicted molar refractivity (Wildman–Crippen MR) is 141 cm³/mol. The molecule has 1 fully saturated rings. The first-order chi connectivity index (χ1) is 14.6. The lowest BCUT2D eigenvalue weighted by Gasteiger charge is -2.39. The highest BCUT2D eigenvalue weighted by Gasteiger charge is 2.31. The molecular weight excluding hydrogens is 545 g/mol. The lowest BCUT2D eigenvalue weighted by molar-refractivity contribution is 0.0954. The average molecular weight is 576 g/mol. The maximum absolute atomic E-state index is 12.2. The molecule has 2 unspecified atom stereocenters. The van der Waals surface area contributed by atoms with Crippen LogP contribution in [0.1, 0.15) is 34.1 Å². The molecule has 9 heteroatoms. The Morgan fingerprint density at radius 3 is 2.61 bits per heavy atom. The summed E-state index contributed by atoms with van der Waals surface area (Å²) in [7, 11) is 3.98. The van der Waals surface area contributed by atoms with E-state index in [1.54, 1.807) is 31.3 Å². The monoisotopic (exact) mass is 575 g/mol. The summed E-state index contributed by atoms with van der Waals surface area (Å²) in [5.74, 6) is 1.18. The van der Waals surface area contributed by atoms with E-state index in [0.717, 1.165) is 19.0 Å². The molecule has 0 bridgehead atoms. The first-order valence-electron chi connectivity index (χ1n) is 10.3. The van der Waals surface area contributed by atoms with E-state index in [4.69, 9.17) is 11.6 Å². The molecule has 1 aliphatic rings. The number of hydrogen-bond donors (Lipinski definition) is 3. The smallest absolute Gasteiger partial charge is 0.251 e. The zero-order valence-corrected chi connectivity index (χ0v) is 21.8. The lowest BCUT2D eigenvalue weighted by Crippen LogP contribution is -2.46. The van der Waals surface area contributed by atoms with E-state index >= 15 is 0 Å². The van der Waals surface area contributed by atoms with Gasteiger partial charge >= 0.3 is 0 Å². The van der Waals surface area contributed by atoms with Crippen molar-refractivity contribution in [1.29, 1.82) is 0 Å². The minimum atomic E-state index is -0.111. The van der Waals surface area contributed by atoms with Gasteiger partial charge in [-0.1, -0.05) is 17.7 Å². The number of guanidine groups is 1. The van der Waals surface area contributed by atoms with Gasteiger partial charge in [-0.15, -0.1) is 35.3 Å². The molecule has 1 aromatic heterocycles. The van der Waals surface area contributed by atoms with Gasteiger partial charge in [0.05, 0.1) is 0 Å². The summed E-state index contributed by atoms with van der Waals surface area (Å²) in [6.45, 7) is 3.10. The standard InChI is InChI=1S/C22H30ClN5OS.HI/c1-24-22(26-12-11-25-21(29)16-7-9-18(23)10-8-16)27-15-17-5-3-13-28(2)20(17)19-6-4-14-30-19;/h4,6-10,14,17,20H,3,5,11-13,15H2,1-2H3,(H,25,29)(H2,24,26,27);1H. The van der Waals surface area contributed by atoms with Crippen molar-refractivity contribution in [3.05, 3.63) is 57.2 Å². The molecule has 0 radical (unpaired) electrons. The Morgan fingerprint density at radius 1 is 1.19 bits per heavy atom. The molecule has 3 rings (SSSR count). The fraction of sp³-hybridized carbons (Fsp3) is 0.455. The fourth-order valence-corrected chi connectivity index (χ4v) is 5.00. The van der Waals surface area contributed by atoms with E-state index in [1.807, 2.05) is 11.3 Å². The van der Waals surface area contributed by atoms with Crippen LogP contribution in [0.5, 0.6) is 0 Å². The summed E-state index contributed by atoms with van der Waals surface area (Å²) < 4.78 is 0. The van der Waals surface area contributed by atoms with Crippen molar-refractivity contribution < 1.29 is 4.79 Å². The highest BCUT2D eigenvalue weighted by atomic mass is 127. The number of benzene rings is 1. The molecule has 1 aliphatic heterocycles. The molecule has 6 nitrogen and oxygen atoms in total. The molecular formula is C22H31ClIN5OS. The van der Waals surface area contributed by atoms with Gasteiger partial charge in [0.25, 0.3) is 5.91 Å². The highest BCUT2D eigenvalue weighted by Crippen LogP contribution is 2.36. The molecule has 0 aliphatic carbocycles. The molecule has 1 amide bonds. The van der Waals surface area contributed by atoms with Crippen molar-refractivity contribution in [2.45, 2.75) is 18.9 Å². The van der Waals surface area contributed by atoms with Gasteiger partial charge in [-0.05, 0) is 68.1 Å². The van der Waals surface area contributed by atoms with Gasteiger partial charge in [0.2, 0.25) is 0 Å². The van der Waals surface area contributed by atoms with Crippen molar-refractivity contribution >= 4 is 58.8 Å². The number of carbonyl (C=O) groups excluding carboxylic acids is 1. The van der Waals surface area contributed by atoms with Crippen LogP contribution in [0.3, 0.4) is 0 Å². The zero-order chi connectivity index (χ0) is 21.3. The van der Waals surface area contributed by atoms with Gasteiger partial charge in [-0.3, -0.25) is 14.7 Å². The summed E-state index contributed by atoms with van der Waals surface area (Å²) in [6, 6.07) is 11.7. The van der Waals surface area contributed by atoms with E-state index in [0.29, 0.717) is 35.6 Å². The van der Waals surface area contributed by atoms with Gasteiger partial charge in [0, 0.05) is 48.2 Å². The van der Waals surface area contributed by atoms with Gasteiger partial charge in [-0.25, -0.2) is 0 Å². The van der Waals surface area contributed by atoms with Crippen molar-refractivity contribution in [1.82, 2.24) is 20.9 Å². The lowest BCUT2D eigenvalue weighted by atomic mass is 9.88. The Balaban J connectivity index is 0.00000341. The molecule has 170 valence electrons. The van der Waals surface area contributed by atoms with E-state index in [9.17, 15) is 4.79 Å². The molecule has 0 spiro atoms. The summed E-state index contributed by atoms with van der Waals surface area (Å²) >= 11 is 7.69. The Hall–Kier alpha value is -1.36. The number of thiophene rings is 1. The van der Waals surface area contributed by atoms with Crippen LogP contribution in [0.15, 0.2) is 46.8 Å². The van der Waals surface area contributed by atoms with Crippen LogP contribution in [0.2, 0.25) is 5.02 Å². The minimum Gasteiger partial charge on any atom is -0.356 e. The summed E-state index contributed by atoms with van der Waals surface area (Å²) in [5.41, 5.74) is 0.600. The second-order valence-electron chi connectivity index (χ2n) is 7.49.